The summed E-state index contributed by atoms with van der Waals surface area (Å²) in [5, 5.41) is 1.90. The van der Waals surface area contributed by atoms with Crippen molar-refractivity contribution in [3.05, 3.63) is 133 Å². The third-order valence-electron chi connectivity index (χ3n) is 7.45. The van der Waals surface area contributed by atoms with E-state index in [1.807, 2.05) is 73.4 Å². The fraction of sp³-hybridized carbons (Fsp3) is 0.0286. The molecule has 4 heteroatoms. The van der Waals surface area contributed by atoms with Gasteiger partial charge < -0.3 is 4.57 Å². The molecule has 1 atom stereocenters. The molecule has 1 aliphatic heterocycles. The zero-order valence-corrected chi connectivity index (χ0v) is 22.3. The first kappa shape index (κ1) is 23.5. The maximum atomic E-state index is 13.8. The molecule has 0 bridgehead atoms. The molecular formula is C35H25N2OP. The van der Waals surface area contributed by atoms with Crippen LogP contribution in [-0.2, 0) is 4.57 Å². The van der Waals surface area contributed by atoms with Crippen LogP contribution >= 0.6 is 7.14 Å². The standard InChI is InChI=1S/C35H25N2OP/c1-39(38)33-15-9-8-14-29(33)30-21-20-28(22-34(30)39)24-16-18-26(19-17-24)32-23-31(25-10-4-2-5-11-25)36-35(37-32)27-12-6-3-7-13-27/h2-23H,1H3. The molecule has 186 valence electrons. The molecule has 0 fully saturated rings. The fourth-order valence-electron chi connectivity index (χ4n) is 5.40. The van der Waals surface area contributed by atoms with E-state index in [2.05, 4.69) is 66.7 Å². The van der Waals surface area contributed by atoms with E-state index in [0.29, 0.717) is 5.82 Å². The van der Waals surface area contributed by atoms with Crippen LogP contribution in [-0.4, -0.2) is 16.6 Å². The molecule has 1 aromatic heterocycles. The maximum Gasteiger partial charge on any atom is 0.160 e. The highest BCUT2D eigenvalue weighted by Gasteiger charge is 2.34. The Labute approximate surface area is 228 Å². The quantitative estimate of drug-likeness (QED) is 0.221. The highest BCUT2D eigenvalue weighted by atomic mass is 31.2. The van der Waals surface area contributed by atoms with Gasteiger partial charge in [-0.2, -0.15) is 0 Å². The Hall–Kier alpha value is -4.59. The zero-order chi connectivity index (χ0) is 26.4. The molecule has 0 N–H and O–H groups in total. The summed E-state index contributed by atoms with van der Waals surface area (Å²) in [6, 6.07) is 45.2. The third-order valence-corrected chi connectivity index (χ3v) is 10.1. The van der Waals surface area contributed by atoms with Crippen LogP contribution in [0.15, 0.2) is 133 Å². The summed E-state index contributed by atoms with van der Waals surface area (Å²) in [4.78, 5) is 9.83. The van der Waals surface area contributed by atoms with Crippen molar-refractivity contribution >= 4 is 17.8 Å². The summed E-state index contributed by atoms with van der Waals surface area (Å²) in [7, 11) is -2.61. The minimum absolute atomic E-state index is 0.702. The molecule has 0 saturated heterocycles. The summed E-state index contributed by atoms with van der Waals surface area (Å²) >= 11 is 0. The molecule has 7 rings (SSSR count). The van der Waals surface area contributed by atoms with Gasteiger partial charge >= 0.3 is 0 Å². The Morgan fingerprint density at radius 3 is 1.67 bits per heavy atom. The van der Waals surface area contributed by atoms with Gasteiger partial charge in [0.1, 0.15) is 7.14 Å². The van der Waals surface area contributed by atoms with Crippen molar-refractivity contribution in [3.8, 4) is 56.2 Å². The van der Waals surface area contributed by atoms with Gasteiger partial charge in [0.15, 0.2) is 5.82 Å². The Morgan fingerprint density at radius 1 is 0.462 bits per heavy atom. The summed E-state index contributed by atoms with van der Waals surface area (Å²) in [6.45, 7) is 1.88. The van der Waals surface area contributed by atoms with Gasteiger partial charge in [0.25, 0.3) is 0 Å². The second-order valence-corrected chi connectivity index (χ2v) is 12.8. The average molecular weight is 521 g/mol. The average Bonchev–Trinajstić information content (AvgIpc) is 3.24. The van der Waals surface area contributed by atoms with Crippen LogP contribution in [0.3, 0.4) is 0 Å². The number of hydrogen-bond acceptors (Lipinski definition) is 3. The lowest BCUT2D eigenvalue weighted by Gasteiger charge is -2.11. The van der Waals surface area contributed by atoms with Crippen molar-refractivity contribution in [3.63, 3.8) is 0 Å². The normalized spacial score (nSPS) is 15.5. The molecule has 3 nitrogen and oxygen atoms in total. The lowest BCUT2D eigenvalue weighted by atomic mass is 9.99. The first-order chi connectivity index (χ1) is 19.1. The second kappa shape index (κ2) is 9.31. The van der Waals surface area contributed by atoms with Crippen molar-refractivity contribution < 1.29 is 4.57 Å². The van der Waals surface area contributed by atoms with Gasteiger partial charge in [0, 0.05) is 27.3 Å². The summed E-state index contributed by atoms with van der Waals surface area (Å²) in [6.07, 6.45) is 0. The van der Waals surface area contributed by atoms with Crippen molar-refractivity contribution in [2.45, 2.75) is 0 Å². The van der Waals surface area contributed by atoms with Crippen LogP contribution < -0.4 is 10.6 Å². The minimum Gasteiger partial charge on any atom is -0.314 e. The fourth-order valence-corrected chi connectivity index (χ4v) is 7.72. The number of rotatable bonds is 4. The minimum atomic E-state index is -2.61. The SMILES string of the molecule is CP1(=O)c2ccccc2-c2ccc(-c3ccc(-c4cc(-c5ccccc5)nc(-c5ccccc5)n4)cc3)cc21. The Bertz CT molecular complexity index is 1820. The van der Waals surface area contributed by atoms with Gasteiger partial charge in [-0.05, 0) is 41.1 Å². The highest BCUT2D eigenvalue weighted by Crippen LogP contribution is 2.50. The van der Waals surface area contributed by atoms with Gasteiger partial charge in [-0.25, -0.2) is 9.97 Å². The van der Waals surface area contributed by atoms with Gasteiger partial charge in [-0.1, -0.05) is 121 Å². The third kappa shape index (κ3) is 4.12. The van der Waals surface area contributed by atoms with E-state index in [4.69, 9.17) is 9.97 Å². The number of fused-ring (bicyclic) bond motifs is 3. The predicted octanol–water partition coefficient (Wildman–Crippen LogP) is 8.07. The zero-order valence-electron chi connectivity index (χ0n) is 21.5. The van der Waals surface area contributed by atoms with Gasteiger partial charge in [-0.3, -0.25) is 0 Å². The number of nitrogens with zero attached hydrogens (tertiary/aromatic N) is 2. The van der Waals surface area contributed by atoms with Crippen LogP contribution in [0.1, 0.15) is 0 Å². The van der Waals surface area contributed by atoms with Gasteiger partial charge in [-0.15, -0.1) is 0 Å². The van der Waals surface area contributed by atoms with Crippen molar-refractivity contribution in [1.82, 2.24) is 9.97 Å². The van der Waals surface area contributed by atoms with E-state index in [1.165, 1.54) is 0 Å². The monoisotopic (exact) mass is 520 g/mol. The van der Waals surface area contributed by atoms with Crippen LogP contribution in [0.4, 0.5) is 0 Å². The van der Waals surface area contributed by atoms with Crippen LogP contribution in [0.25, 0.3) is 56.2 Å². The molecule has 0 aliphatic carbocycles. The van der Waals surface area contributed by atoms with Crippen molar-refractivity contribution in [1.29, 1.82) is 0 Å². The van der Waals surface area contributed by atoms with Crippen LogP contribution in [0.5, 0.6) is 0 Å². The highest BCUT2D eigenvalue weighted by molar-refractivity contribution is 7.79. The molecule has 0 saturated carbocycles. The van der Waals surface area contributed by atoms with E-state index in [0.717, 1.165) is 60.9 Å². The largest absolute Gasteiger partial charge is 0.314 e. The predicted molar refractivity (Wildman–Crippen MR) is 162 cm³/mol. The molecule has 1 unspecified atom stereocenters. The van der Waals surface area contributed by atoms with E-state index < -0.39 is 7.14 Å². The lowest BCUT2D eigenvalue weighted by Crippen LogP contribution is -2.08. The summed E-state index contributed by atoms with van der Waals surface area (Å²) < 4.78 is 13.8. The first-order valence-corrected chi connectivity index (χ1v) is 15.2. The molecule has 0 spiro atoms. The molecule has 1 aliphatic rings. The Balaban J connectivity index is 1.28. The molecule has 0 radical (unpaired) electrons. The smallest absolute Gasteiger partial charge is 0.160 e. The Kier molecular flexibility index (Phi) is 5.61. The molecule has 0 amide bonds. The van der Waals surface area contributed by atoms with Crippen LogP contribution in [0, 0.1) is 0 Å². The van der Waals surface area contributed by atoms with Gasteiger partial charge in [0.2, 0.25) is 0 Å². The Morgan fingerprint density at radius 2 is 0.974 bits per heavy atom. The van der Waals surface area contributed by atoms with E-state index in [9.17, 15) is 4.57 Å². The summed E-state index contributed by atoms with van der Waals surface area (Å²) in [5.41, 5.74) is 9.13. The lowest BCUT2D eigenvalue weighted by molar-refractivity contribution is 0.591. The van der Waals surface area contributed by atoms with E-state index in [1.54, 1.807) is 0 Å². The molecule has 6 aromatic rings. The molecule has 2 heterocycles. The van der Waals surface area contributed by atoms with E-state index >= 15 is 0 Å². The van der Waals surface area contributed by atoms with Crippen molar-refractivity contribution in [2.75, 3.05) is 6.66 Å². The number of aromatic nitrogens is 2. The molecular weight excluding hydrogens is 495 g/mol. The topological polar surface area (TPSA) is 42.9 Å². The van der Waals surface area contributed by atoms with Crippen LogP contribution in [0.2, 0.25) is 0 Å². The number of benzene rings is 5. The number of hydrogen-bond donors (Lipinski definition) is 0. The second-order valence-electron chi connectivity index (χ2n) is 9.94. The van der Waals surface area contributed by atoms with Gasteiger partial charge in [0.05, 0.1) is 11.4 Å². The van der Waals surface area contributed by atoms with E-state index in [-0.39, 0.29) is 0 Å². The summed E-state index contributed by atoms with van der Waals surface area (Å²) in [5.74, 6) is 0.702. The molecule has 5 aromatic carbocycles. The maximum absolute atomic E-state index is 13.8. The molecule has 39 heavy (non-hydrogen) atoms. The van der Waals surface area contributed by atoms with Crippen molar-refractivity contribution in [2.24, 2.45) is 0 Å². The first-order valence-electron chi connectivity index (χ1n) is 13.0.